The average Bonchev–Trinajstić information content (AvgIpc) is 3.22. The number of nitrogens with zero attached hydrogens (tertiary/aromatic N) is 5. The Hall–Kier alpha value is -1.71. The van der Waals surface area contributed by atoms with Crippen LogP contribution >= 0.6 is 0 Å². The molecule has 0 saturated carbocycles. The summed E-state index contributed by atoms with van der Waals surface area (Å²) in [4.78, 5) is 10.6. The first-order valence-corrected chi connectivity index (χ1v) is 9.65. The summed E-state index contributed by atoms with van der Waals surface area (Å²) >= 11 is 0. The van der Waals surface area contributed by atoms with Crippen LogP contribution < -0.4 is 4.72 Å². The molecule has 1 N–H and O–H groups in total. The minimum atomic E-state index is -3.59. The number of likely N-dealkylation sites (N-methyl/N-ethyl adjacent to an activating group) is 1. The first-order chi connectivity index (χ1) is 11.5. The number of sulfonamides is 1. The fourth-order valence-electron chi connectivity index (χ4n) is 3.85. The van der Waals surface area contributed by atoms with Crippen molar-refractivity contribution in [2.45, 2.75) is 36.4 Å². The van der Waals surface area contributed by atoms with E-state index in [9.17, 15) is 8.42 Å². The van der Waals surface area contributed by atoms with Crippen molar-refractivity contribution in [1.82, 2.24) is 28.7 Å². The number of nitrogens with one attached hydrogen (secondary N) is 1. The molecule has 4 rings (SSSR count). The molecule has 2 atom stereocenters. The lowest BCUT2D eigenvalue weighted by atomic mass is 10.0. The third kappa shape index (κ3) is 2.56. The van der Waals surface area contributed by atoms with Gasteiger partial charge in [-0.3, -0.25) is 0 Å². The minimum Gasteiger partial charge on any atom is -0.337 e. The molecule has 2 aliphatic rings. The molecule has 0 aromatic carbocycles. The summed E-state index contributed by atoms with van der Waals surface area (Å²) in [6.45, 7) is 2.20. The molecule has 2 aromatic rings. The largest absolute Gasteiger partial charge is 0.337 e. The first-order valence-electron chi connectivity index (χ1n) is 8.17. The first kappa shape index (κ1) is 15.8. The van der Waals surface area contributed by atoms with Crippen LogP contribution in [-0.4, -0.2) is 58.6 Å². The third-order valence-corrected chi connectivity index (χ3v) is 6.49. The molecule has 24 heavy (non-hydrogen) atoms. The normalized spacial score (nSPS) is 24.6. The van der Waals surface area contributed by atoms with Gasteiger partial charge in [-0.1, -0.05) is 0 Å². The summed E-state index contributed by atoms with van der Waals surface area (Å²) in [6.07, 6.45) is 6.86. The van der Waals surface area contributed by atoms with Crippen LogP contribution in [0.25, 0.3) is 0 Å². The van der Waals surface area contributed by atoms with Crippen LogP contribution in [-0.2, 0) is 30.0 Å². The van der Waals surface area contributed by atoms with Gasteiger partial charge in [0.2, 0.25) is 0 Å². The quantitative estimate of drug-likeness (QED) is 0.835. The second-order valence-corrected chi connectivity index (χ2v) is 8.41. The molecule has 0 amide bonds. The van der Waals surface area contributed by atoms with Gasteiger partial charge in [-0.25, -0.2) is 23.1 Å². The Morgan fingerprint density at radius 3 is 2.83 bits per heavy atom. The number of fused-ring (bicyclic) bond motifs is 1. The SMILES string of the molecule is CN1C[C@@H](NS(=O)(=O)c2cnc3n2CCC3)[C@H](c2cncn2C)C1. The van der Waals surface area contributed by atoms with Crippen LogP contribution in [0.2, 0.25) is 0 Å². The number of likely N-dealkylation sites (tertiary alicyclic amines) is 1. The van der Waals surface area contributed by atoms with E-state index in [0.717, 1.165) is 37.4 Å². The van der Waals surface area contributed by atoms with Gasteiger partial charge in [-0.15, -0.1) is 0 Å². The number of aromatic nitrogens is 4. The number of hydrogen-bond donors (Lipinski definition) is 1. The molecule has 0 bridgehead atoms. The highest BCUT2D eigenvalue weighted by atomic mass is 32.2. The average molecular weight is 350 g/mol. The Kier molecular flexibility index (Phi) is 3.74. The van der Waals surface area contributed by atoms with Crippen molar-refractivity contribution in [3.63, 3.8) is 0 Å². The Balaban J connectivity index is 1.62. The maximum absolute atomic E-state index is 12.9. The molecule has 0 unspecified atom stereocenters. The van der Waals surface area contributed by atoms with Gasteiger partial charge in [0.25, 0.3) is 10.0 Å². The summed E-state index contributed by atoms with van der Waals surface area (Å²) in [6, 6.07) is -0.178. The van der Waals surface area contributed by atoms with E-state index in [1.165, 1.54) is 6.20 Å². The van der Waals surface area contributed by atoms with Gasteiger partial charge in [0.05, 0.1) is 12.5 Å². The highest BCUT2D eigenvalue weighted by Gasteiger charge is 2.37. The summed E-state index contributed by atoms with van der Waals surface area (Å²) in [5.41, 5.74) is 1.05. The van der Waals surface area contributed by atoms with E-state index in [-0.39, 0.29) is 17.0 Å². The van der Waals surface area contributed by atoms with Crippen LogP contribution in [0.15, 0.2) is 23.7 Å². The molecule has 0 spiro atoms. The van der Waals surface area contributed by atoms with Crippen molar-refractivity contribution < 1.29 is 8.42 Å². The minimum absolute atomic E-state index is 0.0817. The molecule has 0 radical (unpaired) electrons. The number of hydrogen-bond acceptors (Lipinski definition) is 5. The Labute approximate surface area is 141 Å². The number of aryl methyl sites for hydroxylation is 2. The zero-order chi connectivity index (χ0) is 16.9. The molecule has 4 heterocycles. The van der Waals surface area contributed by atoms with E-state index in [0.29, 0.717) is 6.54 Å². The summed E-state index contributed by atoms with van der Waals surface area (Å²) in [7, 11) is 0.357. The van der Waals surface area contributed by atoms with Crippen LogP contribution in [0, 0.1) is 0 Å². The van der Waals surface area contributed by atoms with Gasteiger partial charge in [-0.05, 0) is 13.5 Å². The smallest absolute Gasteiger partial charge is 0.258 e. The molecule has 130 valence electrons. The van der Waals surface area contributed by atoms with E-state index in [4.69, 9.17) is 0 Å². The predicted molar refractivity (Wildman–Crippen MR) is 88.1 cm³/mol. The summed E-state index contributed by atoms with van der Waals surface area (Å²) < 4.78 is 32.5. The van der Waals surface area contributed by atoms with Gasteiger partial charge in [-0.2, -0.15) is 0 Å². The van der Waals surface area contributed by atoms with Crippen molar-refractivity contribution in [2.24, 2.45) is 7.05 Å². The zero-order valence-electron chi connectivity index (χ0n) is 13.9. The van der Waals surface area contributed by atoms with Crippen molar-refractivity contribution in [3.05, 3.63) is 30.2 Å². The lowest BCUT2D eigenvalue weighted by Crippen LogP contribution is -2.40. The van der Waals surface area contributed by atoms with E-state index >= 15 is 0 Å². The lowest BCUT2D eigenvalue weighted by molar-refractivity contribution is 0.404. The highest BCUT2D eigenvalue weighted by Crippen LogP contribution is 2.28. The maximum atomic E-state index is 12.9. The van der Waals surface area contributed by atoms with Crippen molar-refractivity contribution >= 4 is 10.0 Å². The molecule has 2 aliphatic heterocycles. The van der Waals surface area contributed by atoms with E-state index in [2.05, 4.69) is 19.6 Å². The molecular formula is C15H22N6O2S. The Morgan fingerprint density at radius 1 is 1.25 bits per heavy atom. The van der Waals surface area contributed by atoms with E-state index < -0.39 is 10.0 Å². The standard InChI is InChI=1S/C15H22N6O2S/c1-19-8-11(13-6-16-10-20(13)2)12(9-19)18-24(22,23)15-7-17-14-4-3-5-21(14)15/h6-7,10-12,18H,3-5,8-9H2,1-2H3/t11-,12-/m1/s1. The van der Waals surface area contributed by atoms with E-state index in [1.807, 2.05) is 29.4 Å². The molecule has 9 heteroatoms. The van der Waals surface area contributed by atoms with Crippen LogP contribution in [0.3, 0.4) is 0 Å². The van der Waals surface area contributed by atoms with E-state index in [1.54, 1.807) is 6.33 Å². The number of rotatable bonds is 4. The predicted octanol–water partition coefficient (Wildman–Crippen LogP) is -0.0611. The zero-order valence-corrected chi connectivity index (χ0v) is 14.7. The maximum Gasteiger partial charge on any atom is 0.258 e. The van der Waals surface area contributed by atoms with Gasteiger partial charge < -0.3 is 14.0 Å². The Morgan fingerprint density at radius 2 is 2.08 bits per heavy atom. The van der Waals surface area contributed by atoms with Gasteiger partial charge in [0, 0.05) is 57.0 Å². The van der Waals surface area contributed by atoms with Gasteiger partial charge in [0.1, 0.15) is 5.82 Å². The van der Waals surface area contributed by atoms with Gasteiger partial charge in [0.15, 0.2) is 5.03 Å². The second kappa shape index (κ2) is 5.68. The lowest BCUT2D eigenvalue weighted by Gasteiger charge is -2.20. The Bertz CT molecular complexity index is 855. The van der Waals surface area contributed by atoms with Crippen LogP contribution in [0.4, 0.5) is 0 Å². The van der Waals surface area contributed by atoms with Gasteiger partial charge >= 0.3 is 0 Å². The molecule has 2 aromatic heterocycles. The van der Waals surface area contributed by atoms with Crippen LogP contribution in [0.5, 0.6) is 0 Å². The fraction of sp³-hybridized carbons (Fsp3) is 0.600. The highest BCUT2D eigenvalue weighted by molar-refractivity contribution is 7.89. The molecule has 8 nitrogen and oxygen atoms in total. The van der Waals surface area contributed by atoms with Crippen molar-refractivity contribution in [3.8, 4) is 0 Å². The third-order valence-electron chi connectivity index (χ3n) is 5.00. The van der Waals surface area contributed by atoms with Crippen molar-refractivity contribution in [2.75, 3.05) is 20.1 Å². The van der Waals surface area contributed by atoms with Crippen molar-refractivity contribution in [1.29, 1.82) is 0 Å². The fourth-order valence-corrected chi connectivity index (χ4v) is 5.29. The number of imidazole rings is 2. The molecular weight excluding hydrogens is 328 g/mol. The summed E-state index contributed by atoms with van der Waals surface area (Å²) in [5, 5.41) is 0.285. The topological polar surface area (TPSA) is 85.1 Å². The second-order valence-electron chi connectivity index (χ2n) is 6.75. The molecule has 1 saturated heterocycles. The van der Waals surface area contributed by atoms with Crippen LogP contribution in [0.1, 0.15) is 23.9 Å². The molecule has 0 aliphatic carbocycles. The molecule has 1 fully saturated rings. The summed E-state index contributed by atoms with van der Waals surface area (Å²) in [5.74, 6) is 0.945. The monoisotopic (exact) mass is 350 g/mol.